The second kappa shape index (κ2) is 10.4. The van der Waals surface area contributed by atoms with E-state index >= 15 is 0 Å². The van der Waals surface area contributed by atoms with Crippen molar-refractivity contribution in [3.05, 3.63) is 77.4 Å². The molecule has 2 rings (SSSR count). The summed E-state index contributed by atoms with van der Waals surface area (Å²) < 4.78 is 8.50. The third-order valence-corrected chi connectivity index (χ3v) is 4.21. The third kappa shape index (κ3) is 7.88. The standard InChI is InChI=1S/C10H10O.C5H5.C3H6.Ti/c1-2-3-9-11-10-7-5-4-6-8-10;1-2-4-5-3-1;1-3-2;/h2-9H,1H2;1-3H,4H2;1-2H3;. The average Bonchev–Trinajstić information content (AvgIpc) is 2.93. The third-order valence-electron chi connectivity index (χ3n) is 2.34. The summed E-state index contributed by atoms with van der Waals surface area (Å²) in [6, 6.07) is 9.60. The first-order valence-electron chi connectivity index (χ1n) is 6.64. The molecule has 0 fully saturated rings. The van der Waals surface area contributed by atoms with Crippen molar-refractivity contribution in [2.75, 3.05) is 0 Å². The van der Waals surface area contributed by atoms with E-state index in [2.05, 4.69) is 38.7 Å². The monoisotopic (exact) mass is 301 g/mol. The molecule has 2 heteroatoms. The van der Waals surface area contributed by atoms with Crippen molar-refractivity contribution in [3.63, 3.8) is 0 Å². The Kier molecular flexibility index (Phi) is 8.61. The van der Waals surface area contributed by atoms with E-state index in [-0.39, 0.29) is 18.7 Å². The van der Waals surface area contributed by atoms with E-state index in [1.54, 1.807) is 26.1 Å². The van der Waals surface area contributed by atoms with Crippen LogP contribution in [0.4, 0.5) is 0 Å². The Balaban J connectivity index is 0.000000204. The van der Waals surface area contributed by atoms with Gasteiger partial charge in [-0.25, -0.2) is 0 Å². The summed E-state index contributed by atoms with van der Waals surface area (Å²) in [5.41, 5.74) is 0. The van der Waals surface area contributed by atoms with Crippen LogP contribution in [0.2, 0.25) is 0 Å². The Labute approximate surface area is 130 Å². The van der Waals surface area contributed by atoms with Gasteiger partial charge >= 0.3 is 64.9 Å². The predicted octanol–water partition coefficient (Wildman–Crippen LogP) is 4.89. The van der Waals surface area contributed by atoms with Crippen molar-refractivity contribution in [1.82, 2.24) is 0 Å². The molecule has 1 aliphatic carbocycles. The number of para-hydroxylation sites is 1. The molecule has 1 aromatic carbocycles. The van der Waals surface area contributed by atoms with E-state index in [0.29, 0.717) is 0 Å². The van der Waals surface area contributed by atoms with Crippen LogP contribution in [0.1, 0.15) is 20.3 Å². The Morgan fingerprint density at radius 1 is 1.25 bits per heavy atom. The van der Waals surface area contributed by atoms with Gasteiger partial charge in [0.1, 0.15) is 5.75 Å². The van der Waals surface area contributed by atoms with Crippen LogP contribution in [0.3, 0.4) is 0 Å². The van der Waals surface area contributed by atoms with Gasteiger partial charge in [0.05, 0.1) is 6.26 Å². The number of hydrogen-bond acceptors (Lipinski definition) is 1. The molecule has 0 unspecified atom stereocenters. The van der Waals surface area contributed by atoms with E-state index in [4.69, 9.17) is 4.74 Å². The fourth-order valence-electron chi connectivity index (χ4n) is 1.53. The summed E-state index contributed by atoms with van der Waals surface area (Å²) in [6.45, 7) is 8.00. The van der Waals surface area contributed by atoms with Gasteiger partial charge in [0, 0.05) is 0 Å². The van der Waals surface area contributed by atoms with Crippen LogP contribution in [0.15, 0.2) is 77.4 Å². The van der Waals surface area contributed by atoms with Gasteiger partial charge in [0.25, 0.3) is 0 Å². The van der Waals surface area contributed by atoms with E-state index < -0.39 is 0 Å². The fourth-order valence-corrected chi connectivity index (χ4v) is 3.16. The molecule has 1 aromatic rings. The molecule has 0 amide bonds. The van der Waals surface area contributed by atoms with Gasteiger partial charge < -0.3 is 4.74 Å². The molecule has 0 saturated carbocycles. The van der Waals surface area contributed by atoms with Crippen LogP contribution < -0.4 is 4.74 Å². The van der Waals surface area contributed by atoms with E-state index in [1.807, 2.05) is 30.3 Å². The van der Waals surface area contributed by atoms with Gasteiger partial charge in [0.15, 0.2) is 0 Å². The number of rotatable bonds is 4. The van der Waals surface area contributed by atoms with Crippen LogP contribution in [-0.2, 0) is 18.7 Å². The topological polar surface area (TPSA) is 9.23 Å². The normalized spacial score (nSPS) is 12.2. The van der Waals surface area contributed by atoms with Crippen LogP contribution in [0.25, 0.3) is 0 Å². The Morgan fingerprint density at radius 2 is 2.00 bits per heavy atom. The van der Waals surface area contributed by atoms with Crippen molar-refractivity contribution in [3.8, 4) is 5.75 Å². The summed E-state index contributed by atoms with van der Waals surface area (Å²) in [7, 11) is 0. The van der Waals surface area contributed by atoms with Crippen molar-refractivity contribution in [2.24, 2.45) is 0 Å². The average molecular weight is 301 g/mol. The molecular formula is C18H21OTi. The molecule has 1 aliphatic rings. The molecule has 0 bridgehead atoms. The fraction of sp³-hybridized carbons (Fsp3) is 0.167. The van der Waals surface area contributed by atoms with Crippen molar-refractivity contribution in [2.45, 2.75) is 20.3 Å². The number of allylic oxidation sites excluding steroid dienone is 6. The van der Waals surface area contributed by atoms with Gasteiger partial charge in [0.2, 0.25) is 0 Å². The second-order valence-electron chi connectivity index (χ2n) is 4.44. The first kappa shape index (κ1) is 16.6. The molecule has 0 saturated heterocycles. The Hall–Kier alpha value is -1.44. The van der Waals surface area contributed by atoms with Crippen molar-refractivity contribution in [1.29, 1.82) is 0 Å². The van der Waals surface area contributed by atoms with Crippen LogP contribution in [-0.4, -0.2) is 3.81 Å². The van der Waals surface area contributed by atoms with Gasteiger partial charge in [-0.2, -0.15) is 0 Å². The van der Waals surface area contributed by atoms with Crippen LogP contribution in [0, 0.1) is 0 Å². The minimum absolute atomic E-state index is 0.153. The van der Waals surface area contributed by atoms with Gasteiger partial charge in [-0.1, -0.05) is 30.9 Å². The quantitative estimate of drug-likeness (QED) is 0.437. The zero-order valence-corrected chi connectivity index (χ0v) is 13.7. The van der Waals surface area contributed by atoms with Crippen molar-refractivity contribution < 1.29 is 23.4 Å². The number of benzene rings is 1. The molecule has 0 radical (unpaired) electrons. The Morgan fingerprint density at radius 3 is 2.55 bits per heavy atom. The summed E-state index contributed by atoms with van der Waals surface area (Å²) in [5, 5.41) is 0. The summed E-state index contributed by atoms with van der Waals surface area (Å²) in [4.78, 5) is 0. The van der Waals surface area contributed by atoms with Gasteiger partial charge in [-0.05, 0) is 18.2 Å². The maximum atomic E-state index is 5.19. The first-order valence-corrected chi connectivity index (χ1v) is 8.20. The van der Waals surface area contributed by atoms with Crippen LogP contribution in [0.5, 0.6) is 5.75 Å². The van der Waals surface area contributed by atoms with E-state index in [1.165, 1.54) is 6.42 Å². The summed E-state index contributed by atoms with van der Waals surface area (Å²) in [6.07, 6.45) is 12.9. The molecule has 20 heavy (non-hydrogen) atoms. The molecule has 0 atom stereocenters. The van der Waals surface area contributed by atoms with Crippen molar-refractivity contribution >= 4 is 3.81 Å². The van der Waals surface area contributed by atoms with E-state index in [9.17, 15) is 0 Å². The minimum atomic E-state index is 0.153. The molecular weight excluding hydrogens is 280 g/mol. The number of ether oxygens (including phenoxy) is 1. The zero-order valence-electron chi connectivity index (χ0n) is 12.2. The predicted molar refractivity (Wildman–Crippen MR) is 84.6 cm³/mol. The molecule has 1 nitrogen and oxygen atoms in total. The molecule has 0 aromatic heterocycles. The molecule has 0 N–H and O–H groups in total. The van der Waals surface area contributed by atoms with Gasteiger partial charge in [-0.3, -0.25) is 0 Å². The number of hydrogen-bond donors (Lipinski definition) is 0. The molecule has 0 heterocycles. The first-order chi connectivity index (χ1) is 9.72. The second-order valence-corrected chi connectivity index (χ2v) is 7.40. The van der Waals surface area contributed by atoms with E-state index in [0.717, 1.165) is 5.75 Å². The Bertz CT molecular complexity index is 518. The SMILES string of the molecule is C=CC=COc1ccccc1.C[C](C)=[Ti][C]1=CC=CC1. The molecule has 103 valence electrons. The summed E-state index contributed by atoms with van der Waals surface area (Å²) in [5.74, 6) is 0.839. The zero-order chi connectivity index (χ0) is 14.6. The molecule has 0 spiro atoms. The van der Waals surface area contributed by atoms with Crippen LogP contribution >= 0.6 is 0 Å². The van der Waals surface area contributed by atoms with Gasteiger partial charge in [-0.15, -0.1) is 0 Å². The summed E-state index contributed by atoms with van der Waals surface area (Å²) >= 11 is 0.153. The molecule has 0 aliphatic heterocycles. The maximum absolute atomic E-state index is 5.19.